The molecular formula is C31H29ClFN5O4. The monoisotopic (exact) mass is 589 g/mol. The SMILES string of the molecule is CCC(O)(c1cc(F)c2c(c1)C(=O)N(Cc1ccc(C#N)cn1)[C@@]2(OCCOC)c1ccc(Cl)cc1)c1cn(C)cn1. The van der Waals surface area contributed by atoms with Crippen LogP contribution < -0.4 is 0 Å². The van der Waals surface area contributed by atoms with Gasteiger partial charge in [-0.05, 0) is 48.4 Å². The minimum atomic E-state index is -1.72. The predicted octanol–water partition coefficient (Wildman–Crippen LogP) is 4.65. The first-order valence-corrected chi connectivity index (χ1v) is 13.7. The quantitative estimate of drug-likeness (QED) is 0.268. The molecule has 5 rings (SSSR count). The molecule has 0 saturated carbocycles. The summed E-state index contributed by atoms with van der Waals surface area (Å²) < 4.78 is 29.9. The average Bonchev–Trinajstić information content (AvgIpc) is 3.54. The predicted molar refractivity (Wildman–Crippen MR) is 152 cm³/mol. The minimum absolute atomic E-state index is 0.00259. The first-order chi connectivity index (χ1) is 20.2. The van der Waals surface area contributed by atoms with E-state index < -0.39 is 23.1 Å². The number of aromatic nitrogens is 3. The fourth-order valence-electron chi connectivity index (χ4n) is 5.35. The van der Waals surface area contributed by atoms with Crippen LogP contribution in [0.15, 0.2) is 67.3 Å². The summed E-state index contributed by atoms with van der Waals surface area (Å²) in [6.45, 7) is 1.90. The van der Waals surface area contributed by atoms with Crippen LogP contribution in [-0.4, -0.2) is 50.8 Å². The Kier molecular flexibility index (Phi) is 8.12. The van der Waals surface area contributed by atoms with E-state index in [0.717, 1.165) is 0 Å². The molecule has 1 aliphatic rings. The van der Waals surface area contributed by atoms with Gasteiger partial charge in [0.25, 0.3) is 5.91 Å². The highest BCUT2D eigenvalue weighted by Crippen LogP contribution is 2.49. The van der Waals surface area contributed by atoms with Gasteiger partial charge < -0.3 is 19.1 Å². The molecule has 11 heteroatoms. The van der Waals surface area contributed by atoms with Gasteiger partial charge in [0.1, 0.15) is 17.5 Å². The van der Waals surface area contributed by atoms with Gasteiger partial charge in [-0.1, -0.05) is 30.7 Å². The van der Waals surface area contributed by atoms with E-state index in [9.17, 15) is 15.2 Å². The van der Waals surface area contributed by atoms with Crippen LogP contribution in [-0.2, 0) is 34.4 Å². The number of rotatable bonds is 10. The van der Waals surface area contributed by atoms with Crippen molar-refractivity contribution in [1.29, 1.82) is 5.26 Å². The number of aliphatic hydroxyl groups is 1. The van der Waals surface area contributed by atoms with E-state index in [1.807, 2.05) is 6.07 Å². The number of carbonyl (C=O) groups is 1. The Balaban J connectivity index is 1.74. The van der Waals surface area contributed by atoms with E-state index in [1.165, 1.54) is 30.3 Å². The molecular weight excluding hydrogens is 561 g/mol. The Morgan fingerprint density at radius 2 is 1.93 bits per heavy atom. The summed E-state index contributed by atoms with van der Waals surface area (Å²) >= 11 is 6.21. The highest BCUT2D eigenvalue weighted by atomic mass is 35.5. The second-order valence-electron chi connectivity index (χ2n) is 10.1. The van der Waals surface area contributed by atoms with Crippen LogP contribution in [0.5, 0.6) is 0 Å². The normalized spacial score (nSPS) is 17.6. The zero-order valence-corrected chi connectivity index (χ0v) is 24.1. The summed E-state index contributed by atoms with van der Waals surface area (Å²) in [7, 11) is 3.28. The van der Waals surface area contributed by atoms with Gasteiger partial charge in [0.05, 0.1) is 54.2 Å². The Morgan fingerprint density at radius 3 is 2.52 bits per heavy atom. The molecule has 0 fully saturated rings. The molecule has 0 radical (unpaired) electrons. The molecule has 9 nitrogen and oxygen atoms in total. The van der Waals surface area contributed by atoms with E-state index in [2.05, 4.69) is 9.97 Å². The van der Waals surface area contributed by atoms with Gasteiger partial charge >= 0.3 is 0 Å². The topological polar surface area (TPSA) is 114 Å². The van der Waals surface area contributed by atoms with Crippen molar-refractivity contribution < 1.29 is 23.8 Å². The maximum atomic E-state index is 16.6. The number of fused-ring (bicyclic) bond motifs is 1. The van der Waals surface area contributed by atoms with E-state index in [4.69, 9.17) is 21.1 Å². The number of hydrogen-bond donors (Lipinski definition) is 1. The van der Waals surface area contributed by atoms with Crippen LogP contribution in [0.2, 0.25) is 5.02 Å². The number of nitrogens with zero attached hydrogens (tertiary/aromatic N) is 5. The number of hydrogen-bond acceptors (Lipinski definition) is 7. The molecule has 216 valence electrons. The largest absolute Gasteiger partial charge is 0.382 e. The molecule has 1 amide bonds. The molecule has 2 aromatic heterocycles. The fourth-order valence-corrected chi connectivity index (χ4v) is 5.48. The molecule has 0 aliphatic carbocycles. The molecule has 2 aromatic carbocycles. The first-order valence-electron chi connectivity index (χ1n) is 13.3. The maximum absolute atomic E-state index is 16.6. The molecule has 42 heavy (non-hydrogen) atoms. The van der Waals surface area contributed by atoms with Crippen LogP contribution in [0.4, 0.5) is 4.39 Å². The molecule has 2 atom stereocenters. The molecule has 1 N–H and O–H groups in total. The van der Waals surface area contributed by atoms with Gasteiger partial charge in [-0.2, -0.15) is 5.26 Å². The van der Waals surface area contributed by atoms with Gasteiger partial charge in [-0.15, -0.1) is 0 Å². The van der Waals surface area contributed by atoms with Crippen molar-refractivity contribution in [1.82, 2.24) is 19.4 Å². The van der Waals surface area contributed by atoms with Gasteiger partial charge in [0.2, 0.25) is 0 Å². The van der Waals surface area contributed by atoms with Crippen LogP contribution in [0.3, 0.4) is 0 Å². The molecule has 0 saturated heterocycles. The number of benzene rings is 2. The second-order valence-corrected chi connectivity index (χ2v) is 10.5. The first kappa shape index (κ1) is 29.4. The van der Waals surface area contributed by atoms with Crippen molar-refractivity contribution in [2.75, 3.05) is 20.3 Å². The third-order valence-corrected chi connectivity index (χ3v) is 7.76. The Hall–Kier alpha value is -4.14. The van der Waals surface area contributed by atoms with Crippen LogP contribution >= 0.6 is 11.6 Å². The van der Waals surface area contributed by atoms with Crippen molar-refractivity contribution >= 4 is 17.5 Å². The molecule has 1 aliphatic heterocycles. The lowest BCUT2D eigenvalue weighted by Crippen LogP contribution is -2.47. The van der Waals surface area contributed by atoms with Gasteiger partial charge in [-0.3, -0.25) is 14.7 Å². The Labute approximate surface area is 247 Å². The summed E-state index contributed by atoms with van der Waals surface area (Å²) in [4.78, 5) is 24.4. The van der Waals surface area contributed by atoms with Crippen LogP contribution in [0.1, 0.15) is 57.3 Å². The number of halogens is 2. The summed E-state index contributed by atoms with van der Waals surface area (Å²) in [5.41, 5.74) is -1.53. The minimum Gasteiger partial charge on any atom is -0.382 e. The molecule has 1 unspecified atom stereocenters. The van der Waals surface area contributed by atoms with E-state index in [0.29, 0.717) is 27.5 Å². The van der Waals surface area contributed by atoms with Gasteiger partial charge in [0, 0.05) is 37.1 Å². The third kappa shape index (κ3) is 4.95. The highest BCUT2D eigenvalue weighted by molar-refractivity contribution is 6.30. The third-order valence-electron chi connectivity index (χ3n) is 7.51. The number of imidazole rings is 1. The highest BCUT2D eigenvalue weighted by Gasteiger charge is 2.55. The Bertz CT molecular complexity index is 1650. The zero-order valence-electron chi connectivity index (χ0n) is 23.3. The fraction of sp³-hybridized carbons (Fsp3) is 0.290. The average molecular weight is 590 g/mol. The second kappa shape index (κ2) is 11.6. The summed E-state index contributed by atoms with van der Waals surface area (Å²) in [6, 6.07) is 14.6. The smallest absolute Gasteiger partial charge is 0.257 e. The Morgan fingerprint density at radius 1 is 1.17 bits per heavy atom. The number of nitriles is 1. The summed E-state index contributed by atoms with van der Waals surface area (Å²) in [5, 5.41) is 21.4. The number of ether oxygens (including phenoxy) is 2. The summed E-state index contributed by atoms with van der Waals surface area (Å²) in [6.07, 6.45) is 4.80. The molecule has 4 aromatic rings. The summed E-state index contributed by atoms with van der Waals surface area (Å²) in [5.74, 6) is -1.26. The van der Waals surface area contributed by atoms with E-state index >= 15 is 4.39 Å². The lowest BCUT2D eigenvalue weighted by Gasteiger charge is -2.39. The van der Waals surface area contributed by atoms with Crippen molar-refractivity contribution in [2.24, 2.45) is 7.05 Å². The molecule has 0 bridgehead atoms. The van der Waals surface area contributed by atoms with Crippen molar-refractivity contribution in [3.63, 3.8) is 0 Å². The van der Waals surface area contributed by atoms with Gasteiger partial charge in [0.15, 0.2) is 5.72 Å². The lowest BCUT2D eigenvalue weighted by molar-refractivity contribution is -0.123. The van der Waals surface area contributed by atoms with Crippen LogP contribution in [0.25, 0.3) is 0 Å². The number of aryl methyl sites for hydroxylation is 1. The van der Waals surface area contributed by atoms with E-state index in [-0.39, 0.29) is 42.9 Å². The number of carbonyl (C=O) groups excluding carboxylic acids is 1. The van der Waals surface area contributed by atoms with Crippen molar-refractivity contribution in [3.8, 4) is 6.07 Å². The van der Waals surface area contributed by atoms with E-state index in [1.54, 1.807) is 67.5 Å². The lowest BCUT2D eigenvalue weighted by atomic mass is 9.84. The van der Waals surface area contributed by atoms with Crippen molar-refractivity contribution in [2.45, 2.75) is 31.2 Å². The molecule has 3 heterocycles. The number of methoxy groups -OCH3 is 1. The number of pyridine rings is 1. The zero-order chi connectivity index (χ0) is 30.1. The van der Waals surface area contributed by atoms with Crippen LogP contribution in [0, 0.1) is 17.1 Å². The standard InChI is InChI=1S/C31H29ClFN5O4/c1-4-30(40,27-18-37(2)19-36-27)22-13-25-28(26(33)14-22)31(42-12-11-41-3,21-6-8-23(32)9-7-21)38(29(25)39)17-24-10-5-20(15-34)16-35-24/h5-10,13-14,16,18-19,40H,4,11-12,17H2,1-3H3/t30?,31-/m1/s1. The van der Waals surface area contributed by atoms with Gasteiger partial charge in [-0.25, -0.2) is 9.37 Å². The van der Waals surface area contributed by atoms with Crippen molar-refractivity contribution in [3.05, 3.63) is 117 Å². The molecule has 0 spiro atoms. The number of amides is 1. The maximum Gasteiger partial charge on any atom is 0.257 e.